The predicted molar refractivity (Wildman–Crippen MR) is 121 cm³/mol. The fraction of sp³-hybridized carbons (Fsp3) is 0.348. The van der Waals surface area contributed by atoms with Crippen LogP contribution in [0.1, 0.15) is 51.0 Å². The van der Waals surface area contributed by atoms with Crippen molar-refractivity contribution in [2.45, 2.75) is 52.0 Å². The molecular weight excluding hydrogens is 382 g/mol. The lowest BCUT2D eigenvalue weighted by molar-refractivity contribution is -0.116. The summed E-state index contributed by atoms with van der Waals surface area (Å²) in [5.41, 5.74) is 2.73. The number of carbonyl (C=O) groups is 1. The number of anilines is 1. The average Bonchev–Trinajstić information content (AvgIpc) is 2.70. The summed E-state index contributed by atoms with van der Waals surface area (Å²) in [5, 5.41) is 3.67. The van der Waals surface area contributed by atoms with Crippen molar-refractivity contribution in [1.29, 1.82) is 0 Å². The fourth-order valence-electron chi connectivity index (χ4n) is 3.46. The van der Waals surface area contributed by atoms with E-state index in [0.29, 0.717) is 29.0 Å². The molecule has 0 atom stereocenters. The number of hydrogen-bond donors (Lipinski definition) is 2. The van der Waals surface area contributed by atoms with E-state index in [1.165, 1.54) is 0 Å². The lowest BCUT2D eigenvalue weighted by Crippen LogP contribution is -2.22. The van der Waals surface area contributed by atoms with Crippen LogP contribution >= 0.6 is 12.2 Å². The molecule has 0 aliphatic heterocycles. The summed E-state index contributed by atoms with van der Waals surface area (Å²) in [4.78, 5) is 28.0. The molecule has 2 aromatic carbocycles. The highest BCUT2D eigenvalue weighted by Crippen LogP contribution is 2.23. The molecule has 1 amide bonds. The minimum Gasteiger partial charge on any atom is -0.332 e. The second kappa shape index (κ2) is 9.65. The molecule has 0 spiro atoms. The van der Waals surface area contributed by atoms with Gasteiger partial charge in [0.1, 0.15) is 0 Å². The van der Waals surface area contributed by atoms with Crippen LogP contribution in [0.4, 0.5) is 5.69 Å². The first-order chi connectivity index (χ1) is 14.0. The summed E-state index contributed by atoms with van der Waals surface area (Å²) in [6.07, 6.45) is 2.89. The van der Waals surface area contributed by atoms with Crippen molar-refractivity contribution in [2.75, 3.05) is 5.32 Å². The molecule has 1 aromatic heterocycles. The summed E-state index contributed by atoms with van der Waals surface area (Å²) in [6, 6.07) is 15.3. The first-order valence-corrected chi connectivity index (χ1v) is 10.5. The highest BCUT2D eigenvalue weighted by molar-refractivity contribution is 7.71. The molecular formula is C23H27N3O2S. The van der Waals surface area contributed by atoms with Crippen molar-refractivity contribution >= 4 is 34.7 Å². The Morgan fingerprint density at radius 2 is 1.79 bits per heavy atom. The Bertz CT molecular complexity index is 1110. The normalized spacial score (nSPS) is 11.1. The van der Waals surface area contributed by atoms with E-state index in [9.17, 15) is 9.59 Å². The van der Waals surface area contributed by atoms with Crippen molar-refractivity contribution in [1.82, 2.24) is 9.55 Å². The molecule has 0 fully saturated rings. The van der Waals surface area contributed by atoms with Crippen LogP contribution < -0.4 is 10.9 Å². The Labute approximate surface area is 175 Å². The number of aromatic nitrogens is 2. The van der Waals surface area contributed by atoms with Crippen LogP contribution in [0.25, 0.3) is 10.9 Å². The van der Waals surface area contributed by atoms with Gasteiger partial charge in [-0.15, -0.1) is 0 Å². The number of nitrogens with zero attached hydrogens (tertiary/aromatic N) is 1. The monoisotopic (exact) mass is 409 g/mol. The number of amides is 1. The summed E-state index contributed by atoms with van der Waals surface area (Å²) < 4.78 is 2.05. The van der Waals surface area contributed by atoms with Crippen LogP contribution in [0.5, 0.6) is 0 Å². The zero-order valence-electron chi connectivity index (χ0n) is 16.9. The molecule has 2 N–H and O–H groups in total. The predicted octanol–water partition coefficient (Wildman–Crippen LogP) is 5.38. The minimum absolute atomic E-state index is 0.0262. The standard InChI is InChI=1S/C23H27N3O2S/c1-16(2)17-10-5-7-12-19(17)24-21(27)14-4-3-9-15-26-22(28)18-11-6-8-13-20(18)25-23(26)29/h5-8,10-13,16H,3-4,9,14-15H2,1-2H3,(H,24,27)(H,25,29). The highest BCUT2D eigenvalue weighted by Gasteiger charge is 2.09. The molecule has 1 heterocycles. The fourth-order valence-corrected chi connectivity index (χ4v) is 3.75. The zero-order chi connectivity index (χ0) is 20.8. The maximum atomic E-state index is 12.6. The number of para-hydroxylation sites is 2. The first-order valence-electron chi connectivity index (χ1n) is 10.1. The van der Waals surface area contributed by atoms with Crippen LogP contribution in [0.3, 0.4) is 0 Å². The third-order valence-electron chi connectivity index (χ3n) is 5.03. The molecule has 6 heteroatoms. The molecule has 152 valence electrons. The Balaban J connectivity index is 1.51. The number of nitrogens with one attached hydrogen (secondary N) is 2. The van der Waals surface area contributed by atoms with E-state index in [1.54, 1.807) is 10.6 Å². The van der Waals surface area contributed by atoms with E-state index in [2.05, 4.69) is 24.1 Å². The van der Waals surface area contributed by atoms with Crippen LogP contribution in [0, 0.1) is 4.77 Å². The summed E-state index contributed by atoms with van der Waals surface area (Å²) >= 11 is 5.34. The summed E-state index contributed by atoms with van der Waals surface area (Å²) in [5.74, 6) is 0.384. The maximum absolute atomic E-state index is 12.6. The number of hydrogen-bond acceptors (Lipinski definition) is 3. The third-order valence-corrected chi connectivity index (χ3v) is 5.35. The van der Waals surface area contributed by atoms with Gasteiger partial charge in [-0.1, -0.05) is 50.6 Å². The van der Waals surface area contributed by atoms with Gasteiger partial charge in [-0.2, -0.15) is 0 Å². The second-order valence-corrected chi connectivity index (χ2v) is 7.92. The topological polar surface area (TPSA) is 66.9 Å². The van der Waals surface area contributed by atoms with E-state index in [4.69, 9.17) is 12.2 Å². The van der Waals surface area contributed by atoms with Crippen molar-refractivity contribution in [3.8, 4) is 0 Å². The van der Waals surface area contributed by atoms with Gasteiger partial charge < -0.3 is 10.3 Å². The molecule has 3 aromatic rings. The largest absolute Gasteiger partial charge is 0.332 e. The molecule has 0 saturated carbocycles. The molecule has 0 saturated heterocycles. The Morgan fingerprint density at radius 1 is 1.07 bits per heavy atom. The second-order valence-electron chi connectivity index (χ2n) is 7.53. The van der Waals surface area contributed by atoms with E-state index in [-0.39, 0.29) is 11.5 Å². The Kier molecular flexibility index (Phi) is 6.99. The number of aromatic amines is 1. The van der Waals surface area contributed by atoms with Gasteiger partial charge >= 0.3 is 0 Å². The van der Waals surface area contributed by atoms with Gasteiger partial charge in [-0.25, -0.2) is 0 Å². The quantitative estimate of drug-likeness (QED) is 0.388. The molecule has 0 aliphatic rings. The van der Waals surface area contributed by atoms with Crippen LogP contribution in [0.2, 0.25) is 0 Å². The number of fused-ring (bicyclic) bond motifs is 1. The number of benzene rings is 2. The van der Waals surface area contributed by atoms with Gasteiger partial charge in [0.05, 0.1) is 10.9 Å². The summed E-state index contributed by atoms with van der Waals surface area (Å²) in [6.45, 7) is 4.78. The maximum Gasteiger partial charge on any atom is 0.262 e. The minimum atomic E-state index is -0.0626. The van der Waals surface area contributed by atoms with Crippen molar-refractivity contribution < 1.29 is 4.79 Å². The average molecular weight is 410 g/mol. The van der Waals surface area contributed by atoms with Crippen molar-refractivity contribution in [3.05, 3.63) is 69.2 Å². The zero-order valence-corrected chi connectivity index (χ0v) is 17.7. The molecule has 3 rings (SSSR count). The SMILES string of the molecule is CC(C)c1ccccc1NC(=O)CCCCCn1c(=S)[nH]c2ccccc2c1=O. The van der Waals surface area contributed by atoms with Crippen LogP contribution in [-0.2, 0) is 11.3 Å². The smallest absolute Gasteiger partial charge is 0.262 e. The Hall–Kier alpha value is -2.73. The van der Waals surface area contributed by atoms with Crippen molar-refractivity contribution in [2.24, 2.45) is 0 Å². The lowest BCUT2D eigenvalue weighted by Gasteiger charge is -2.13. The van der Waals surface area contributed by atoms with Gasteiger partial charge in [0.2, 0.25) is 5.91 Å². The first kappa shape index (κ1) is 21.0. The van der Waals surface area contributed by atoms with Crippen LogP contribution in [0.15, 0.2) is 53.3 Å². The number of H-pyrrole nitrogens is 1. The molecule has 0 unspecified atom stereocenters. The van der Waals surface area contributed by atoms with E-state index < -0.39 is 0 Å². The number of unbranched alkanes of at least 4 members (excludes halogenated alkanes) is 2. The van der Waals surface area contributed by atoms with E-state index in [1.807, 2.05) is 42.5 Å². The van der Waals surface area contributed by atoms with Gasteiger partial charge in [0.25, 0.3) is 5.56 Å². The van der Waals surface area contributed by atoms with E-state index in [0.717, 1.165) is 36.0 Å². The van der Waals surface area contributed by atoms with Crippen molar-refractivity contribution in [3.63, 3.8) is 0 Å². The lowest BCUT2D eigenvalue weighted by atomic mass is 10.0. The summed E-state index contributed by atoms with van der Waals surface area (Å²) in [7, 11) is 0. The molecule has 0 aliphatic carbocycles. The Morgan fingerprint density at radius 3 is 2.59 bits per heavy atom. The highest BCUT2D eigenvalue weighted by atomic mass is 32.1. The van der Waals surface area contributed by atoms with Gasteiger partial charge in [-0.05, 0) is 54.7 Å². The van der Waals surface area contributed by atoms with Crippen LogP contribution in [-0.4, -0.2) is 15.5 Å². The number of carbonyl (C=O) groups excluding carboxylic acids is 1. The molecule has 0 bridgehead atoms. The molecule has 0 radical (unpaired) electrons. The van der Waals surface area contributed by atoms with Gasteiger partial charge in [0.15, 0.2) is 4.77 Å². The third kappa shape index (κ3) is 5.21. The van der Waals surface area contributed by atoms with Gasteiger partial charge in [0, 0.05) is 18.7 Å². The number of rotatable bonds is 8. The van der Waals surface area contributed by atoms with E-state index >= 15 is 0 Å². The van der Waals surface area contributed by atoms with Gasteiger partial charge in [-0.3, -0.25) is 14.2 Å². The molecule has 29 heavy (non-hydrogen) atoms. The molecule has 5 nitrogen and oxygen atoms in total.